The van der Waals surface area contributed by atoms with Crippen LogP contribution in [0, 0.1) is 0 Å². The minimum absolute atomic E-state index is 0.0811. The van der Waals surface area contributed by atoms with Gasteiger partial charge in [0.15, 0.2) is 0 Å². The van der Waals surface area contributed by atoms with Crippen LogP contribution in [0.1, 0.15) is 27.2 Å². The van der Waals surface area contributed by atoms with Crippen molar-refractivity contribution in [2.45, 2.75) is 51.6 Å². The summed E-state index contributed by atoms with van der Waals surface area (Å²) < 4.78 is 48.8. The van der Waals surface area contributed by atoms with Crippen molar-refractivity contribution >= 4 is 5.91 Å². The molecule has 0 aromatic rings. The van der Waals surface area contributed by atoms with Crippen LogP contribution in [0.2, 0.25) is 0 Å². The Morgan fingerprint density at radius 3 is 2.24 bits per heavy atom. The van der Waals surface area contributed by atoms with Crippen LogP contribution in [-0.2, 0) is 4.79 Å². The van der Waals surface area contributed by atoms with Crippen molar-refractivity contribution in [2.24, 2.45) is 0 Å². The second-order valence-corrected chi connectivity index (χ2v) is 3.98. The predicted molar refractivity (Wildman–Crippen MR) is 56.3 cm³/mol. The molecule has 2 unspecified atom stereocenters. The van der Waals surface area contributed by atoms with Gasteiger partial charge >= 0.3 is 12.3 Å². The molecule has 0 aliphatic rings. The summed E-state index contributed by atoms with van der Waals surface area (Å²) in [5.41, 5.74) is 0. The average molecular weight is 258 g/mol. The molecular weight excluding hydrogens is 240 g/mol. The number of hydrogen-bond acceptors (Lipinski definition) is 2. The van der Waals surface area contributed by atoms with E-state index in [0.29, 0.717) is 6.42 Å². The Morgan fingerprint density at radius 2 is 1.82 bits per heavy atom. The van der Waals surface area contributed by atoms with Crippen LogP contribution in [0.5, 0.6) is 0 Å². The standard InChI is InChI=1S/C10H18F4N2O/c1-4-6(2)16-8(17)7(3)15-5-10(13,14)9(11)12/h6-7,9,15H,4-5H2,1-3H3,(H,16,17). The number of nitrogens with one attached hydrogen (secondary N) is 2. The Hall–Kier alpha value is -0.850. The fourth-order valence-corrected chi connectivity index (χ4v) is 0.929. The van der Waals surface area contributed by atoms with Crippen LogP contribution >= 0.6 is 0 Å². The molecule has 0 saturated heterocycles. The van der Waals surface area contributed by atoms with Gasteiger partial charge < -0.3 is 10.6 Å². The summed E-state index contributed by atoms with van der Waals surface area (Å²) in [6.45, 7) is 3.74. The minimum Gasteiger partial charge on any atom is -0.352 e. The normalized spacial score (nSPS) is 15.8. The van der Waals surface area contributed by atoms with E-state index in [2.05, 4.69) is 10.6 Å². The summed E-state index contributed by atoms with van der Waals surface area (Å²) in [7, 11) is 0. The summed E-state index contributed by atoms with van der Waals surface area (Å²) in [5.74, 6) is -4.60. The lowest BCUT2D eigenvalue weighted by atomic mass is 10.2. The van der Waals surface area contributed by atoms with Crippen molar-refractivity contribution < 1.29 is 22.4 Å². The van der Waals surface area contributed by atoms with E-state index >= 15 is 0 Å². The molecule has 0 heterocycles. The maximum absolute atomic E-state index is 12.6. The average Bonchev–Trinajstić information content (AvgIpc) is 2.25. The smallest absolute Gasteiger partial charge is 0.319 e. The van der Waals surface area contributed by atoms with Gasteiger partial charge in [0.2, 0.25) is 5.91 Å². The molecule has 2 N–H and O–H groups in total. The van der Waals surface area contributed by atoms with Crippen molar-refractivity contribution in [3.63, 3.8) is 0 Å². The van der Waals surface area contributed by atoms with Gasteiger partial charge in [0.05, 0.1) is 12.6 Å². The fraction of sp³-hybridized carbons (Fsp3) is 0.900. The van der Waals surface area contributed by atoms with E-state index in [1.54, 1.807) is 6.92 Å². The van der Waals surface area contributed by atoms with Gasteiger partial charge in [0.1, 0.15) is 0 Å². The molecule has 102 valence electrons. The zero-order chi connectivity index (χ0) is 13.6. The van der Waals surface area contributed by atoms with E-state index in [1.807, 2.05) is 6.92 Å². The van der Waals surface area contributed by atoms with Gasteiger partial charge in [-0.2, -0.15) is 8.78 Å². The van der Waals surface area contributed by atoms with Crippen LogP contribution in [0.15, 0.2) is 0 Å². The van der Waals surface area contributed by atoms with Crippen molar-refractivity contribution in [1.29, 1.82) is 0 Å². The highest BCUT2D eigenvalue weighted by molar-refractivity contribution is 5.81. The summed E-state index contributed by atoms with van der Waals surface area (Å²) in [5, 5.41) is 4.65. The van der Waals surface area contributed by atoms with Crippen LogP contribution in [-0.4, -0.2) is 36.9 Å². The van der Waals surface area contributed by atoms with E-state index in [-0.39, 0.29) is 6.04 Å². The Kier molecular flexibility index (Phi) is 6.44. The van der Waals surface area contributed by atoms with Crippen LogP contribution in [0.25, 0.3) is 0 Å². The Bertz CT molecular complexity index is 248. The molecule has 0 saturated carbocycles. The minimum atomic E-state index is -4.12. The number of carbonyl (C=O) groups is 1. The number of hydrogen-bond donors (Lipinski definition) is 2. The van der Waals surface area contributed by atoms with E-state index < -0.39 is 30.8 Å². The molecule has 0 aliphatic carbocycles. The van der Waals surface area contributed by atoms with Gasteiger partial charge in [0, 0.05) is 6.04 Å². The molecular formula is C10H18F4N2O. The molecule has 0 rings (SSSR count). The molecule has 0 spiro atoms. The van der Waals surface area contributed by atoms with Gasteiger partial charge in [0.25, 0.3) is 0 Å². The first-order chi connectivity index (χ1) is 7.70. The topological polar surface area (TPSA) is 41.1 Å². The number of carbonyl (C=O) groups excluding carboxylic acids is 1. The lowest BCUT2D eigenvalue weighted by Crippen LogP contribution is -2.49. The summed E-state index contributed by atoms with van der Waals surface area (Å²) in [6, 6.07) is -1.02. The highest BCUT2D eigenvalue weighted by Crippen LogP contribution is 2.21. The van der Waals surface area contributed by atoms with E-state index in [9.17, 15) is 22.4 Å². The second-order valence-electron chi connectivity index (χ2n) is 3.98. The molecule has 2 atom stereocenters. The maximum Gasteiger partial charge on any atom is 0.319 e. The third-order valence-corrected chi connectivity index (χ3v) is 2.36. The molecule has 3 nitrogen and oxygen atoms in total. The van der Waals surface area contributed by atoms with Gasteiger partial charge in [-0.25, -0.2) is 8.78 Å². The molecule has 1 amide bonds. The first-order valence-electron chi connectivity index (χ1n) is 5.40. The number of halogens is 4. The third kappa shape index (κ3) is 5.86. The molecule has 0 fully saturated rings. The summed E-state index contributed by atoms with van der Waals surface area (Å²) >= 11 is 0. The monoisotopic (exact) mass is 258 g/mol. The fourth-order valence-electron chi connectivity index (χ4n) is 0.929. The van der Waals surface area contributed by atoms with Crippen molar-refractivity contribution in [2.75, 3.05) is 6.54 Å². The van der Waals surface area contributed by atoms with Crippen LogP contribution < -0.4 is 10.6 Å². The Morgan fingerprint density at radius 1 is 1.29 bits per heavy atom. The SMILES string of the molecule is CCC(C)NC(=O)C(C)NCC(F)(F)C(F)F. The molecule has 0 aliphatic heterocycles. The van der Waals surface area contributed by atoms with E-state index in [0.717, 1.165) is 0 Å². The van der Waals surface area contributed by atoms with E-state index in [1.165, 1.54) is 6.92 Å². The number of rotatable bonds is 7. The van der Waals surface area contributed by atoms with E-state index in [4.69, 9.17) is 0 Å². The van der Waals surface area contributed by atoms with Crippen molar-refractivity contribution in [1.82, 2.24) is 10.6 Å². The second kappa shape index (κ2) is 6.78. The summed E-state index contributed by atoms with van der Waals surface area (Å²) in [6.07, 6.45) is -3.04. The highest BCUT2D eigenvalue weighted by Gasteiger charge is 2.40. The Balaban J connectivity index is 4.10. The summed E-state index contributed by atoms with van der Waals surface area (Å²) in [4.78, 5) is 11.4. The predicted octanol–water partition coefficient (Wildman–Crippen LogP) is 1.78. The largest absolute Gasteiger partial charge is 0.352 e. The van der Waals surface area contributed by atoms with Crippen LogP contribution in [0.3, 0.4) is 0 Å². The lowest BCUT2D eigenvalue weighted by molar-refractivity contribution is -0.131. The molecule has 0 aromatic heterocycles. The van der Waals surface area contributed by atoms with Gasteiger partial charge in [-0.1, -0.05) is 6.92 Å². The first kappa shape index (κ1) is 16.1. The Labute approximate surface area is 97.9 Å². The number of amides is 1. The first-order valence-corrected chi connectivity index (χ1v) is 5.40. The zero-order valence-corrected chi connectivity index (χ0v) is 10.1. The van der Waals surface area contributed by atoms with Gasteiger partial charge in [-0.3, -0.25) is 4.79 Å². The van der Waals surface area contributed by atoms with Crippen molar-refractivity contribution in [3.05, 3.63) is 0 Å². The van der Waals surface area contributed by atoms with Crippen LogP contribution in [0.4, 0.5) is 17.6 Å². The number of alkyl halides is 4. The highest BCUT2D eigenvalue weighted by atomic mass is 19.3. The quantitative estimate of drug-likeness (QED) is 0.683. The third-order valence-electron chi connectivity index (χ3n) is 2.36. The molecule has 0 bridgehead atoms. The molecule has 7 heteroatoms. The molecule has 0 radical (unpaired) electrons. The molecule has 0 aromatic carbocycles. The zero-order valence-electron chi connectivity index (χ0n) is 10.1. The maximum atomic E-state index is 12.6. The lowest BCUT2D eigenvalue weighted by Gasteiger charge is -2.20. The van der Waals surface area contributed by atoms with Crippen molar-refractivity contribution in [3.8, 4) is 0 Å². The van der Waals surface area contributed by atoms with Gasteiger partial charge in [-0.15, -0.1) is 0 Å². The molecule has 17 heavy (non-hydrogen) atoms. The van der Waals surface area contributed by atoms with Gasteiger partial charge in [-0.05, 0) is 20.3 Å².